The van der Waals surface area contributed by atoms with Crippen LogP contribution in [0.25, 0.3) is 0 Å². The molecule has 584 valence electrons. The summed E-state index contributed by atoms with van der Waals surface area (Å²) in [6.07, 6.45) is -137. The van der Waals surface area contributed by atoms with Crippen molar-refractivity contribution in [2.45, 2.75) is 121 Å². The van der Waals surface area contributed by atoms with E-state index in [2.05, 4.69) is 67.9 Å². The first kappa shape index (κ1) is 94.1. The summed E-state index contributed by atoms with van der Waals surface area (Å²) in [5.74, 6) is -45.2. The number of halogens is 40. The fourth-order valence-electron chi connectivity index (χ4n) is 6.35. The lowest BCUT2D eigenvalue weighted by Gasteiger charge is -2.54. The van der Waals surface area contributed by atoms with Gasteiger partial charge in [0.25, 0.3) is 0 Å². The second-order valence-electron chi connectivity index (χ2n) is 18.5. The zero-order chi connectivity index (χ0) is 78.9. The first-order valence-electron chi connectivity index (χ1n) is 24.4. The van der Waals surface area contributed by atoms with Gasteiger partial charge in [0, 0.05) is 0 Å². The Kier molecular flexibility index (Phi) is 30.0. The summed E-state index contributed by atoms with van der Waals surface area (Å²) in [5, 5.41) is 0. The second kappa shape index (κ2) is 31.6. The molecule has 0 fully saturated rings. The Labute approximate surface area is 524 Å². The quantitative estimate of drug-likeness (QED) is 0.0327. The minimum Gasteiger partial charge on any atom is -0.371 e. The van der Waals surface area contributed by atoms with Crippen molar-refractivity contribution in [3.8, 4) is 0 Å². The van der Waals surface area contributed by atoms with Gasteiger partial charge < -0.3 is 28.4 Å². The molecular weight excluding hydrogens is 1520 g/mol. The number of rotatable bonds is 52. The molecule has 0 bridgehead atoms. The molecule has 99 heavy (non-hydrogen) atoms. The number of alkyl halides is 40. The third kappa shape index (κ3) is 19.5. The monoisotopic (exact) mass is 1560 g/mol. The molecule has 0 aromatic heterocycles. The average Bonchev–Trinajstić information content (AvgIpc) is 0.669. The fraction of sp³-hybridized carbons (Fsp3) is 0.739. The summed E-state index contributed by atoms with van der Waals surface area (Å²) in [4.78, 5) is 0. The minimum atomic E-state index is -11.3. The zero-order valence-corrected chi connectivity index (χ0v) is 47.6. The van der Waals surface area contributed by atoms with Crippen molar-refractivity contribution in [1.82, 2.24) is 0 Å². The van der Waals surface area contributed by atoms with Crippen LogP contribution in [0.5, 0.6) is 0 Å². The molecule has 0 heterocycles. The van der Waals surface area contributed by atoms with E-state index in [1.54, 1.807) is 0 Å². The number of hydrogen-bond donors (Lipinski definition) is 0. The molecule has 53 heteroatoms. The lowest BCUT2D eigenvalue weighted by atomic mass is 9.78. The van der Waals surface area contributed by atoms with E-state index in [4.69, 9.17) is 0 Å². The molecule has 0 saturated carbocycles. The topological polar surface area (TPSA) is 120 Å². The predicted molar refractivity (Wildman–Crippen MR) is 237 cm³/mol. The summed E-state index contributed by atoms with van der Waals surface area (Å²) in [6, 6.07) is 0. The van der Waals surface area contributed by atoms with Crippen molar-refractivity contribution in [2.75, 3.05) is 79.3 Å². The standard InChI is InChI=1S/C46H42F40O13/c1-7-13-87-19-25(47,48)33(59,60)93-39(71,72)31(40(73,74)94-34(61,62)26(49,50)20-88-14-8-2,41(75,76)95-35(63,64)27(51,52)21-89-15-9-3)45(83,84)99-46(85,86)32(42(77,78)96-36(65,66)28(53,54)22-90-16-10-4,43(79,80)97-37(67,68)29(55,56)23-91-17-11-5)44(81,82)98-38(69,70)30(57,58)24-92-18-12-6/h7-12H,1-6,13-24H2. The van der Waals surface area contributed by atoms with Crippen molar-refractivity contribution in [3.05, 3.63) is 75.9 Å². The Bertz CT molecular complexity index is 2230. The van der Waals surface area contributed by atoms with Crippen LogP contribution in [0.2, 0.25) is 0 Å². The third-order valence-corrected chi connectivity index (χ3v) is 11.0. The molecule has 0 saturated heterocycles. The normalized spacial score (nSPS) is 15.5. The molecular formula is C46H42F40O13. The van der Waals surface area contributed by atoms with Gasteiger partial charge in [-0.25, -0.2) is 28.4 Å². The Morgan fingerprint density at radius 1 is 0.162 bits per heavy atom. The summed E-state index contributed by atoms with van der Waals surface area (Å²) in [7, 11) is 0. The van der Waals surface area contributed by atoms with E-state index >= 15 is 123 Å². The van der Waals surface area contributed by atoms with E-state index in [9.17, 15) is 52.7 Å². The molecule has 0 radical (unpaired) electrons. The molecule has 0 atom stereocenters. The third-order valence-electron chi connectivity index (χ3n) is 11.0. The summed E-state index contributed by atoms with van der Waals surface area (Å²) >= 11 is 0. The van der Waals surface area contributed by atoms with E-state index in [1.807, 2.05) is 0 Å². The molecule has 0 unspecified atom stereocenters. The van der Waals surface area contributed by atoms with Gasteiger partial charge in [-0.2, -0.15) is 176 Å². The van der Waals surface area contributed by atoms with Crippen LogP contribution < -0.4 is 0 Å². The van der Waals surface area contributed by atoms with Gasteiger partial charge >= 0.3 is 132 Å². The van der Waals surface area contributed by atoms with Gasteiger partial charge in [0.15, 0.2) is 0 Å². The largest absolute Gasteiger partial charge is 0.426 e. The molecule has 0 spiro atoms. The highest BCUT2D eigenvalue weighted by atomic mass is 19.4. The van der Waals surface area contributed by atoms with E-state index in [0.717, 1.165) is 4.74 Å². The van der Waals surface area contributed by atoms with E-state index in [1.165, 1.54) is 28.4 Å². The average molecular weight is 1560 g/mol. The van der Waals surface area contributed by atoms with Crippen LogP contribution in [-0.2, 0) is 61.6 Å². The molecule has 0 aliphatic rings. The molecule has 0 rings (SSSR count). The van der Waals surface area contributed by atoms with Crippen LogP contribution in [0.15, 0.2) is 75.9 Å². The first-order valence-corrected chi connectivity index (χ1v) is 24.4. The molecule has 0 N–H and O–H groups in total. The van der Waals surface area contributed by atoms with Crippen molar-refractivity contribution < 1.29 is 237 Å². The van der Waals surface area contributed by atoms with Crippen molar-refractivity contribution in [2.24, 2.45) is 10.8 Å². The summed E-state index contributed by atoms with van der Waals surface area (Å²) < 4.78 is 664. The van der Waals surface area contributed by atoms with Gasteiger partial charge in [0.1, 0.15) is 39.6 Å². The maximum absolute atomic E-state index is 17.4. The van der Waals surface area contributed by atoms with Crippen LogP contribution in [0.4, 0.5) is 176 Å². The SMILES string of the molecule is C=CCOCC(F)(F)C(F)(F)OC(F)(F)C(C(F)(F)OC(F)(F)C(F)(F)COCC=C)(C(F)(F)OC(F)(F)C(F)(F)COCC=C)C(F)(F)OC(F)(F)C(C(F)(F)OC(F)(F)C(F)(F)COCC=C)(C(F)(F)OC(F)(F)C(F)(F)COCC=C)C(F)(F)OC(F)(F)C(F)(F)COCC=C. The molecule has 0 aliphatic carbocycles. The summed E-state index contributed by atoms with van der Waals surface area (Å²) in [5.41, 5.74) is -22.5. The first-order chi connectivity index (χ1) is 43.8. The number of hydrogen-bond acceptors (Lipinski definition) is 13. The van der Waals surface area contributed by atoms with Crippen LogP contribution in [0, 0.1) is 10.8 Å². The predicted octanol–water partition coefficient (Wildman–Crippen LogP) is 16.4. The smallest absolute Gasteiger partial charge is 0.371 e. The lowest BCUT2D eigenvalue weighted by molar-refractivity contribution is -0.647. The zero-order valence-electron chi connectivity index (χ0n) is 47.6. The molecule has 0 amide bonds. The molecule has 13 nitrogen and oxygen atoms in total. The van der Waals surface area contributed by atoms with E-state index < -0.39 is 211 Å². The van der Waals surface area contributed by atoms with E-state index in [-0.39, 0.29) is 36.5 Å². The number of ether oxygens (including phenoxy) is 13. The van der Waals surface area contributed by atoms with Crippen LogP contribution in [0.1, 0.15) is 0 Å². The van der Waals surface area contributed by atoms with Gasteiger partial charge in [-0.15, -0.1) is 39.5 Å². The van der Waals surface area contributed by atoms with E-state index in [0.29, 0.717) is 0 Å². The highest BCUT2D eigenvalue weighted by Gasteiger charge is 3.03. The lowest BCUT2D eigenvalue weighted by Crippen LogP contribution is -2.81. The minimum absolute atomic E-state index is 0.0273. The maximum atomic E-state index is 17.4. The van der Waals surface area contributed by atoms with Crippen LogP contribution in [0.3, 0.4) is 0 Å². The van der Waals surface area contributed by atoms with Crippen molar-refractivity contribution >= 4 is 0 Å². The Hall–Kier alpha value is -4.88. The highest BCUT2D eigenvalue weighted by Crippen LogP contribution is 2.75. The van der Waals surface area contributed by atoms with Gasteiger partial charge in [-0.3, -0.25) is 4.74 Å². The van der Waals surface area contributed by atoms with Crippen molar-refractivity contribution in [1.29, 1.82) is 0 Å². The Morgan fingerprint density at radius 2 is 0.253 bits per heavy atom. The Morgan fingerprint density at radius 3 is 0.343 bits per heavy atom. The maximum Gasteiger partial charge on any atom is 0.426 e. The van der Waals surface area contributed by atoms with Crippen molar-refractivity contribution in [3.63, 3.8) is 0 Å². The van der Waals surface area contributed by atoms with Crippen LogP contribution >= 0.6 is 0 Å². The summed E-state index contributed by atoms with van der Waals surface area (Å²) in [6.45, 7) is -18.2. The fourth-order valence-corrected chi connectivity index (χ4v) is 6.35. The Balaban J connectivity index is 11.3. The van der Waals surface area contributed by atoms with Gasteiger partial charge in [0.2, 0.25) is 0 Å². The van der Waals surface area contributed by atoms with Gasteiger partial charge in [-0.05, 0) is 0 Å². The van der Waals surface area contributed by atoms with Crippen LogP contribution in [-0.4, -0.2) is 200 Å². The molecule has 0 aromatic rings. The van der Waals surface area contributed by atoms with Gasteiger partial charge in [0.05, 0.1) is 39.6 Å². The highest BCUT2D eigenvalue weighted by molar-refractivity contribution is 5.13. The molecule has 0 aromatic carbocycles. The van der Waals surface area contributed by atoms with Gasteiger partial charge in [-0.1, -0.05) is 36.5 Å². The second-order valence-corrected chi connectivity index (χ2v) is 18.5. The molecule has 0 aliphatic heterocycles.